The lowest BCUT2D eigenvalue weighted by Gasteiger charge is -2.36. The standard InChI is InChI=1S/C11H14BrN/c1-13(10-3-2-4-10)11-7-5-9(12)6-8-11/h5-8,10H,2-4H2,1H3. The Morgan fingerprint density at radius 1 is 1.23 bits per heavy atom. The van der Waals surface area contributed by atoms with Gasteiger partial charge >= 0.3 is 0 Å². The van der Waals surface area contributed by atoms with Crippen LogP contribution in [0.15, 0.2) is 28.7 Å². The van der Waals surface area contributed by atoms with Crippen LogP contribution in [-0.2, 0) is 0 Å². The van der Waals surface area contributed by atoms with E-state index in [2.05, 4.69) is 52.1 Å². The molecule has 0 N–H and O–H groups in total. The van der Waals surface area contributed by atoms with Gasteiger partial charge in [0, 0.05) is 23.2 Å². The van der Waals surface area contributed by atoms with Gasteiger partial charge in [-0.3, -0.25) is 0 Å². The summed E-state index contributed by atoms with van der Waals surface area (Å²) in [6, 6.07) is 9.32. The molecule has 0 amide bonds. The zero-order valence-corrected chi connectivity index (χ0v) is 9.42. The lowest BCUT2D eigenvalue weighted by Crippen LogP contribution is -2.36. The minimum Gasteiger partial charge on any atom is -0.372 e. The maximum atomic E-state index is 3.44. The minimum atomic E-state index is 0.779. The summed E-state index contributed by atoms with van der Waals surface area (Å²) in [6.45, 7) is 0. The molecule has 0 aromatic heterocycles. The van der Waals surface area contributed by atoms with E-state index in [1.54, 1.807) is 0 Å². The third kappa shape index (κ3) is 1.88. The average molecular weight is 240 g/mol. The summed E-state index contributed by atoms with van der Waals surface area (Å²) in [4.78, 5) is 2.38. The molecule has 0 bridgehead atoms. The number of hydrogen-bond donors (Lipinski definition) is 0. The Labute approximate surface area is 87.9 Å². The van der Waals surface area contributed by atoms with E-state index in [0.29, 0.717) is 0 Å². The summed E-state index contributed by atoms with van der Waals surface area (Å²) < 4.78 is 1.15. The fourth-order valence-corrected chi connectivity index (χ4v) is 1.93. The Morgan fingerprint density at radius 2 is 1.85 bits per heavy atom. The van der Waals surface area contributed by atoms with Crippen LogP contribution >= 0.6 is 15.9 Å². The highest BCUT2D eigenvalue weighted by Crippen LogP contribution is 2.28. The summed E-state index contributed by atoms with van der Waals surface area (Å²) in [5.74, 6) is 0. The predicted molar refractivity (Wildman–Crippen MR) is 60.2 cm³/mol. The van der Waals surface area contributed by atoms with Crippen molar-refractivity contribution in [1.29, 1.82) is 0 Å². The quantitative estimate of drug-likeness (QED) is 0.765. The molecule has 0 saturated heterocycles. The van der Waals surface area contributed by atoms with Gasteiger partial charge in [0.2, 0.25) is 0 Å². The van der Waals surface area contributed by atoms with Crippen molar-refractivity contribution < 1.29 is 0 Å². The second-order valence-corrected chi connectivity index (χ2v) is 4.59. The largest absolute Gasteiger partial charge is 0.372 e. The van der Waals surface area contributed by atoms with Gasteiger partial charge in [-0.2, -0.15) is 0 Å². The zero-order valence-electron chi connectivity index (χ0n) is 7.83. The fourth-order valence-electron chi connectivity index (χ4n) is 1.66. The van der Waals surface area contributed by atoms with Crippen molar-refractivity contribution in [3.8, 4) is 0 Å². The number of rotatable bonds is 2. The van der Waals surface area contributed by atoms with Gasteiger partial charge in [0.25, 0.3) is 0 Å². The molecule has 0 aliphatic heterocycles. The molecule has 1 aromatic rings. The smallest absolute Gasteiger partial charge is 0.0366 e. The summed E-state index contributed by atoms with van der Waals surface area (Å²) in [6.07, 6.45) is 4.10. The van der Waals surface area contributed by atoms with Crippen LogP contribution in [0.25, 0.3) is 0 Å². The molecule has 0 unspecified atom stereocenters. The van der Waals surface area contributed by atoms with Crippen molar-refractivity contribution in [2.24, 2.45) is 0 Å². The molecule has 2 rings (SSSR count). The van der Waals surface area contributed by atoms with Crippen LogP contribution in [0.4, 0.5) is 5.69 Å². The highest BCUT2D eigenvalue weighted by molar-refractivity contribution is 9.10. The number of anilines is 1. The Hall–Kier alpha value is -0.500. The van der Waals surface area contributed by atoms with Gasteiger partial charge in [0.1, 0.15) is 0 Å². The predicted octanol–water partition coefficient (Wildman–Crippen LogP) is 3.44. The summed E-state index contributed by atoms with van der Waals surface area (Å²) in [5.41, 5.74) is 1.33. The van der Waals surface area contributed by atoms with Crippen LogP contribution in [0.1, 0.15) is 19.3 Å². The van der Waals surface area contributed by atoms with E-state index in [0.717, 1.165) is 10.5 Å². The third-order valence-electron chi connectivity index (χ3n) is 2.86. The highest BCUT2D eigenvalue weighted by Gasteiger charge is 2.21. The van der Waals surface area contributed by atoms with E-state index in [-0.39, 0.29) is 0 Å². The molecule has 13 heavy (non-hydrogen) atoms. The maximum absolute atomic E-state index is 3.44. The molecule has 70 valence electrons. The number of benzene rings is 1. The van der Waals surface area contributed by atoms with Crippen molar-refractivity contribution in [2.45, 2.75) is 25.3 Å². The molecular formula is C11H14BrN. The van der Waals surface area contributed by atoms with Crippen LogP contribution in [0.3, 0.4) is 0 Å². The molecule has 1 aliphatic carbocycles. The zero-order chi connectivity index (χ0) is 9.26. The molecular weight excluding hydrogens is 226 g/mol. The molecule has 1 aromatic carbocycles. The van der Waals surface area contributed by atoms with E-state index in [1.165, 1.54) is 24.9 Å². The van der Waals surface area contributed by atoms with Crippen LogP contribution in [0.2, 0.25) is 0 Å². The van der Waals surface area contributed by atoms with Crippen molar-refractivity contribution >= 4 is 21.6 Å². The Bertz CT molecular complexity index is 277. The molecule has 0 radical (unpaired) electrons. The van der Waals surface area contributed by atoms with Crippen molar-refractivity contribution in [1.82, 2.24) is 0 Å². The van der Waals surface area contributed by atoms with Gasteiger partial charge in [-0.25, -0.2) is 0 Å². The molecule has 1 fully saturated rings. The van der Waals surface area contributed by atoms with Crippen molar-refractivity contribution in [3.05, 3.63) is 28.7 Å². The summed E-state index contributed by atoms with van der Waals surface area (Å²) in [7, 11) is 2.19. The van der Waals surface area contributed by atoms with Crippen molar-refractivity contribution in [2.75, 3.05) is 11.9 Å². The SMILES string of the molecule is CN(c1ccc(Br)cc1)C1CCC1. The minimum absolute atomic E-state index is 0.779. The first-order valence-corrected chi connectivity index (χ1v) is 5.55. The Kier molecular flexibility index (Phi) is 2.58. The molecule has 1 saturated carbocycles. The first-order chi connectivity index (χ1) is 6.27. The van der Waals surface area contributed by atoms with E-state index >= 15 is 0 Å². The number of nitrogens with zero attached hydrogens (tertiary/aromatic N) is 1. The van der Waals surface area contributed by atoms with Crippen LogP contribution < -0.4 is 4.90 Å². The van der Waals surface area contributed by atoms with Gasteiger partial charge in [-0.1, -0.05) is 15.9 Å². The normalized spacial score (nSPS) is 16.8. The topological polar surface area (TPSA) is 3.24 Å². The molecule has 1 aliphatic rings. The molecule has 0 spiro atoms. The van der Waals surface area contributed by atoms with Gasteiger partial charge in [-0.15, -0.1) is 0 Å². The number of halogens is 1. The lowest BCUT2D eigenvalue weighted by molar-refractivity contribution is 0.401. The fraction of sp³-hybridized carbons (Fsp3) is 0.455. The van der Waals surface area contributed by atoms with E-state index < -0.39 is 0 Å². The van der Waals surface area contributed by atoms with Gasteiger partial charge < -0.3 is 4.90 Å². The van der Waals surface area contributed by atoms with E-state index in [9.17, 15) is 0 Å². The van der Waals surface area contributed by atoms with Crippen LogP contribution in [0, 0.1) is 0 Å². The molecule has 0 atom stereocenters. The van der Waals surface area contributed by atoms with Crippen molar-refractivity contribution in [3.63, 3.8) is 0 Å². The number of hydrogen-bond acceptors (Lipinski definition) is 1. The Balaban J connectivity index is 2.10. The summed E-state index contributed by atoms with van der Waals surface area (Å²) in [5, 5.41) is 0. The Morgan fingerprint density at radius 3 is 2.31 bits per heavy atom. The first-order valence-electron chi connectivity index (χ1n) is 4.76. The molecule has 1 nitrogen and oxygen atoms in total. The first kappa shape index (κ1) is 9.07. The van der Waals surface area contributed by atoms with Gasteiger partial charge in [0.15, 0.2) is 0 Å². The molecule has 0 heterocycles. The van der Waals surface area contributed by atoms with Gasteiger partial charge in [-0.05, 0) is 43.5 Å². The maximum Gasteiger partial charge on any atom is 0.0366 e. The van der Waals surface area contributed by atoms with Gasteiger partial charge in [0.05, 0.1) is 0 Å². The van der Waals surface area contributed by atoms with Crippen LogP contribution in [-0.4, -0.2) is 13.1 Å². The second kappa shape index (κ2) is 3.70. The average Bonchev–Trinajstić information content (AvgIpc) is 2.02. The molecule has 2 heteroatoms. The lowest BCUT2D eigenvalue weighted by atomic mass is 9.91. The van der Waals surface area contributed by atoms with E-state index in [4.69, 9.17) is 0 Å². The van der Waals surface area contributed by atoms with Crippen LogP contribution in [0.5, 0.6) is 0 Å². The second-order valence-electron chi connectivity index (χ2n) is 3.67. The highest BCUT2D eigenvalue weighted by atomic mass is 79.9. The third-order valence-corrected chi connectivity index (χ3v) is 3.38. The van der Waals surface area contributed by atoms with E-state index in [1.807, 2.05) is 0 Å². The summed E-state index contributed by atoms with van der Waals surface area (Å²) >= 11 is 3.44. The monoisotopic (exact) mass is 239 g/mol.